The van der Waals surface area contributed by atoms with Gasteiger partial charge < -0.3 is 10.6 Å². The number of nitrogens with zero attached hydrogens (tertiary/aromatic N) is 2. The molecule has 2 N–H and O–H groups in total. The average Bonchev–Trinajstić information content (AvgIpc) is 2.94. The second kappa shape index (κ2) is 8.54. The van der Waals surface area contributed by atoms with Crippen molar-refractivity contribution in [3.63, 3.8) is 0 Å². The summed E-state index contributed by atoms with van der Waals surface area (Å²) in [5, 5.41) is 15.0. The topological polar surface area (TPSA) is 66.9 Å². The van der Waals surface area contributed by atoms with Crippen LogP contribution in [0, 0.1) is 12.8 Å². The van der Waals surface area contributed by atoms with Crippen LogP contribution >= 0.6 is 46.1 Å². The average molecular weight is 422 g/mol. The molecule has 1 heterocycles. The predicted octanol–water partition coefficient (Wildman–Crippen LogP) is 4.78. The van der Waals surface area contributed by atoms with Gasteiger partial charge in [-0.15, -0.1) is 10.2 Å². The lowest BCUT2D eigenvalue weighted by Crippen LogP contribution is -2.49. The van der Waals surface area contributed by atoms with Crippen molar-refractivity contribution in [3.05, 3.63) is 29.8 Å². The Morgan fingerprint density at radius 3 is 2.40 bits per heavy atom. The zero-order chi connectivity index (χ0) is 18.6. The van der Waals surface area contributed by atoms with E-state index in [4.69, 9.17) is 34.8 Å². The first-order valence-corrected chi connectivity index (χ1v) is 9.63. The molecule has 5 nitrogen and oxygen atoms in total. The quantitative estimate of drug-likeness (QED) is 0.520. The molecule has 0 aliphatic carbocycles. The highest BCUT2D eigenvalue weighted by Gasteiger charge is 2.34. The lowest BCUT2D eigenvalue weighted by atomic mass is 10.1. The highest BCUT2D eigenvalue weighted by atomic mass is 35.6. The van der Waals surface area contributed by atoms with Gasteiger partial charge in [-0.25, -0.2) is 0 Å². The van der Waals surface area contributed by atoms with Gasteiger partial charge in [-0.2, -0.15) is 0 Å². The molecule has 0 fully saturated rings. The van der Waals surface area contributed by atoms with E-state index in [1.54, 1.807) is 0 Å². The molecule has 0 aliphatic heterocycles. The normalized spacial score (nSPS) is 12.9. The number of carbonyl (C=O) groups is 1. The van der Waals surface area contributed by atoms with Crippen LogP contribution in [0.2, 0.25) is 0 Å². The Balaban J connectivity index is 2.11. The number of anilines is 1. The number of rotatable bonds is 6. The Hall–Kier alpha value is -1.08. The van der Waals surface area contributed by atoms with Crippen molar-refractivity contribution < 1.29 is 4.79 Å². The number of amides is 1. The molecular weight excluding hydrogens is 403 g/mol. The van der Waals surface area contributed by atoms with Gasteiger partial charge in [0.05, 0.1) is 0 Å². The molecule has 136 valence electrons. The largest absolute Gasteiger partial charge is 0.336 e. The van der Waals surface area contributed by atoms with E-state index in [1.807, 2.05) is 45.0 Å². The molecule has 0 spiro atoms. The fourth-order valence-electron chi connectivity index (χ4n) is 2.01. The van der Waals surface area contributed by atoms with E-state index in [1.165, 1.54) is 11.3 Å². The van der Waals surface area contributed by atoms with Crippen molar-refractivity contribution in [1.29, 1.82) is 0 Å². The summed E-state index contributed by atoms with van der Waals surface area (Å²) < 4.78 is -1.73. The maximum absolute atomic E-state index is 12.0. The number of alkyl halides is 3. The molecule has 2 rings (SSSR count). The molecule has 25 heavy (non-hydrogen) atoms. The van der Waals surface area contributed by atoms with E-state index in [0.29, 0.717) is 11.6 Å². The molecule has 1 aromatic heterocycles. The van der Waals surface area contributed by atoms with Gasteiger partial charge in [0.25, 0.3) is 0 Å². The fourth-order valence-corrected chi connectivity index (χ4v) is 3.11. The summed E-state index contributed by atoms with van der Waals surface area (Å²) in [6.45, 7) is 5.90. The fraction of sp³-hybridized carbons (Fsp3) is 0.438. The van der Waals surface area contributed by atoms with E-state index in [0.717, 1.165) is 16.1 Å². The number of benzene rings is 1. The van der Waals surface area contributed by atoms with Crippen LogP contribution in [0.25, 0.3) is 10.6 Å². The Morgan fingerprint density at radius 1 is 1.20 bits per heavy atom. The number of hydrogen-bond donors (Lipinski definition) is 2. The second-order valence-electron chi connectivity index (χ2n) is 6.06. The minimum absolute atomic E-state index is 0.200. The van der Waals surface area contributed by atoms with Crippen LogP contribution in [0.1, 0.15) is 25.8 Å². The van der Waals surface area contributed by atoms with Crippen molar-refractivity contribution in [2.45, 2.75) is 37.2 Å². The van der Waals surface area contributed by atoms with Gasteiger partial charge in [0.1, 0.15) is 11.2 Å². The minimum Gasteiger partial charge on any atom is -0.336 e. The molecule has 1 aromatic carbocycles. The highest BCUT2D eigenvalue weighted by Crippen LogP contribution is 2.33. The van der Waals surface area contributed by atoms with Gasteiger partial charge in [-0.1, -0.05) is 89.8 Å². The van der Waals surface area contributed by atoms with Crippen molar-refractivity contribution in [3.8, 4) is 10.6 Å². The van der Waals surface area contributed by atoms with Crippen LogP contribution in [-0.2, 0) is 4.79 Å². The van der Waals surface area contributed by atoms with Crippen molar-refractivity contribution >= 4 is 57.2 Å². The molecule has 2 aromatic rings. The summed E-state index contributed by atoms with van der Waals surface area (Å²) in [4.78, 5) is 12.0. The standard InChI is InChI=1S/C16H19Cl3N4OS/c1-9(2)8-12(24)20-14(16(17,18)19)21-15-23-22-13(25-15)11-6-4-10(3)5-7-11/h4-7,9,14H,8H2,1-3H3,(H,20,24)(H,21,23). The zero-order valence-corrected chi connectivity index (χ0v) is 17.1. The van der Waals surface area contributed by atoms with E-state index in [2.05, 4.69) is 20.8 Å². The van der Waals surface area contributed by atoms with E-state index in [-0.39, 0.29) is 11.8 Å². The summed E-state index contributed by atoms with van der Waals surface area (Å²) >= 11 is 19.3. The van der Waals surface area contributed by atoms with Gasteiger partial charge in [-0.3, -0.25) is 4.79 Å². The molecular formula is C16H19Cl3N4OS. The third kappa shape index (κ3) is 6.29. The Kier molecular flexibility index (Phi) is 6.91. The molecule has 1 amide bonds. The van der Waals surface area contributed by atoms with Crippen molar-refractivity contribution in [1.82, 2.24) is 15.5 Å². The number of nitrogens with one attached hydrogen (secondary N) is 2. The Bertz CT molecular complexity index is 713. The van der Waals surface area contributed by atoms with Crippen LogP contribution in [0.4, 0.5) is 5.13 Å². The third-order valence-corrected chi connectivity index (χ3v) is 4.78. The second-order valence-corrected chi connectivity index (χ2v) is 9.41. The zero-order valence-electron chi connectivity index (χ0n) is 14.0. The van der Waals surface area contributed by atoms with E-state index in [9.17, 15) is 4.79 Å². The molecule has 9 heteroatoms. The van der Waals surface area contributed by atoms with Gasteiger partial charge >= 0.3 is 0 Å². The summed E-state index contributed by atoms with van der Waals surface area (Å²) in [6, 6.07) is 7.94. The lowest BCUT2D eigenvalue weighted by Gasteiger charge is -2.26. The number of halogens is 3. The first-order chi connectivity index (χ1) is 11.6. The summed E-state index contributed by atoms with van der Waals surface area (Å²) in [5.74, 6) is -0.00667. The molecule has 0 radical (unpaired) electrons. The van der Waals surface area contributed by atoms with Gasteiger partial charge in [0.15, 0.2) is 0 Å². The lowest BCUT2D eigenvalue weighted by molar-refractivity contribution is -0.122. The highest BCUT2D eigenvalue weighted by molar-refractivity contribution is 7.18. The minimum atomic E-state index is -1.73. The maximum atomic E-state index is 12.0. The van der Waals surface area contributed by atoms with Crippen LogP contribution in [0.3, 0.4) is 0 Å². The Morgan fingerprint density at radius 2 is 1.84 bits per heavy atom. The predicted molar refractivity (Wildman–Crippen MR) is 105 cm³/mol. The number of aryl methyl sites for hydroxylation is 1. The van der Waals surface area contributed by atoms with E-state index < -0.39 is 9.96 Å². The van der Waals surface area contributed by atoms with Crippen LogP contribution in [0.15, 0.2) is 24.3 Å². The van der Waals surface area contributed by atoms with Crippen LogP contribution in [-0.4, -0.2) is 26.1 Å². The van der Waals surface area contributed by atoms with E-state index >= 15 is 0 Å². The summed E-state index contributed by atoms with van der Waals surface area (Å²) in [5.41, 5.74) is 2.11. The van der Waals surface area contributed by atoms with Crippen LogP contribution < -0.4 is 10.6 Å². The van der Waals surface area contributed by atoms with Gasteiger partial charge in [-0.05, 0) is 12.8 Å². The molecule has 1 atom stereocenters. The van der Waals surface area contributed by atoms with Gasteiger partial charge in [0, 0.05) is 12.0 Å². The SMILES string of the molecule is Cc1ccc(-c2nnc(NC(NC(=O)CC(C)C)C(Cl)(Cl)Cl)s2)cc1. The smallest absolute Gasteiger partial charge is 0.228 e. The molecule has 1 unspecified atom stereocenters. The maximum Gasteiger partial charge on any atom is 0.228 e. The van der Waals surface area contributed by atoms with Crippen molar-refractivity contribution in [2.24, 2.45) is 5.92 Å². The molecule has 0 aliphatic rings. The number of hydrogen-bond acceptors (Lipinski definition) is 5. The number of aromatic nitrogens is 2. The molecule has 0 bridgehead atoms. The molecule has 0 saturated heterocycles. The monoisotopic (exact) mass is 420 g/mol. The van der Waals surface area contributed by atoms with Crippen LogP contribution in [0.5, 0.6) is 0 Å². The third-order valence-electron chi connectivity index (χ3n) is 3.22. The van der Waals surface area contributed by atoms with Gasteiger partial charge in [0.2, 0.25) is 14.8 Å². The number of carbonyl (C=O) groups excluding carboxylic acids is 1. The first kappa shape index (κ1) is 20.2. The summed E-state index contributed by atoms with van der Waals surface area (Å²) in [7, 11) is 0. The summed E-state index contributed by atoms with van der Waals surface area (Å²) in [6.07, 6.45) is -0.577. The van der Waals surface area contributed by atoms with Crippen molar-refractivity contribution in [2.75, 3.05) is 5.32 Å². The Labute approximate surface area is 166 Å². The molecule has 0 saturated carbocycles. The first-order valence-electron chi connectivity index (χ1n) is 7.68.